The number of carbonyl (C=O) groups excluding carboxylic acids is 1. The highest BCUT2D eigenvalue weighted by Gasteiger charge is 2.26. The summed E-state index contributed by atoms with van der Waals surface area (Å²) in [6, 6.07) is 15.7. The first kappa shape index (κ1) is 21.1. The molecular weight excluding hydrogens is 415 g/mol. The van der Waals surface area contributed by atoms with Crippen molar-refractivity contribution in [2.24, 2.45) is 0 Å². The highest BCUT2D eigenvalue weighted by Crippen LogP contribution is 2.31. The van der Waals surface area contributed by atoms with Crippen molar-refractivity contribution in [1.82, 2.24) is 0 Å². The molecule has 3 aromatic rings. The van der Waals surface area contributed by atoms with E-state index in [1.165, 1.54) is 30.3 Å². The van der Waals surface area contributed by atoms with Gasteiger partial charge in [-0.15, -0.1) is 0 Å². The minimum atomic E-state index is -3.78. The Labute approximate surface area is 181 Å². The molecule has 0 saturated carbocycles. The molecule has 0 atom stereocenters. The van der Waals surface area contributed by atoms with Crippen molar-refractivity contribution >= 4 is 27.3 Å². The molecule has 0 unspecified atom stereocenters. The molecule has 0 aliphatic carbocycles. The quantitative estimate of drug-likeness (QED) is 0.634. The van der Waals surface area contributed by atoms with Crippen molar-refractivity contribution in [2.75, 3.05) is 16.2 Å². The maximum absolute atomic E-state index is 13.2. The average molecular weight is 439 g/mol. The smallest absolute Gasteiger partial charge is 0.261 e. The second kappa shape index (κ2) is 8.15. The van der Waals surface area contributed by atoms with E-state index in [1.807, 2.05) is 26.0 Å². The van der Waals surface area contributed by atoms with E-state index >= 15 is 0 Å². The number of anilines is 2. The Hall–Kier alpha value is -3.19. The fraction of sp³-hybridized carbons (Fsp3) is 0.208. The molecule has 7 heteroatoms. The third-order valence-corrected chi connectivity index (χ3v) is 7.03. The van der Waals surface area contributed by atoms with Crippen LogP contribution in [0.1, 0.15) is 33.5 Å². The lowest BCUT2D eigenvalue weighted by Gasteiger charge is -2.30. The van der Waals surface area contributed by atoms with Crippen LogP contribution in [0.3, 0.4) is 0 Å². The Kier molecular flexibility index (Phi) is 5.54. The standard InChI is InChI=1S/C24H23FN2O3S/c1-16-5-3-7-22(17(16)2)26-31(29,30)21-12-13-23-19(15-21)6-4-14-27(23)24(28)18-8-10-20(25)11-9-18/h3,5,7-13,15,26H,4,6,14H2,1-2H3. The topological polar surface area (TPSA) is 66.5 Å². The van der Waals surface area contributed by atoms with Crippen LogP contribution in [0.25, 0.3) is 0 Å². The number of carbonyl (C=O) groups is 1. The normalized spacial score (nSPS) is 13.6. The summed E-state index contributed by atoms with van der Waals surface area (Å²) in [7, 11) is -3.78. The van der Waals surface area contributed by atoms with Crippen LogP contribution < -0.4 is 9.62 Å². The molecular formula is C24H23FN2O3S. The summed E-state index contributed by atoms with van der Waals surface area (Å²) in [5, 5.41) is 0. The zero-order valence-electron chi connectivity index (χ0n) is 17.4. The van der Waals surface area contributed by atoms with Crippen molar-refractivity contribution in [3.63, 3.8) is 0 Å². The number of aryl methyl sites for hydroxylation is 2. The highest BCUT2D eigenvalue weighted by molar-refractivity contribution is 7.92. The predicted molar refractivity (Wildman–Crippen MR) is 120 cm³/mol. The number of nitrogens with one attached hydrogen (secondary N) is 1. The van der Waals surface area contributed by atoms with Crippen LogP contribution in [0, 0.1) is 19.7 Å². The predicted octanol–water partition coefficient (Wildman–Crippen LogP) is 4.84. The molecule has 1 heterocycles. The summed E-state index contributed by atoms with van der Waals surface area (Å²) < 4.78 is 41.9. The summed E-state index contributed by atoms with van der Waals surface area (Å²) in [5.74, 6) is -0.633. The van der Waals surface area contributed by atoms with Gasteiger partial charge in [0.05, 0.1) is 10.6 Å². The van der Waals surface area contributed by atoms with Crippen molar-refractivity contribution in [2.45, 2.75) is 31.6 Å². The lowest BCUT2D eigenvalue weighted by atomic mass is 10.0. The van der Waals surface area contributed by atoms with Crippen LogP contribution in [0.5, 0.6) is 0 Å². The number of hydrogen-bond donors (Lipinski definition) is 1. The Bertz CT molecular complexity index is 1250. The van der Waals surface area contributed by atoms with Crippen LogP contribution >= 0.6 is 0 Å². The second-order valence-corrected chi connectivity index (χ2v) is 9.39. The van der Waals surface area contributed by atoms with Gasteiger partial charge in [-0.1, -0.05) is 12.1 Å². The summed E-state index contributed by atoms with van der Waals surface area (Å²) in [4.78, 5) is 14.7. The molecule has 0 spiro atoms. The number of hydrogen-bond acceptors (Lipinski definition) is 3. The molecule has 1 aliphatic rings. The van der Waals surface area contributed by atoms with E-state index < -0.39 is 15.8 Å². The van der Waals surface area contributed by atoms with Gasteiger partial charge < -0.3 is 4.90 Å². The largest absolute Gasteiger partial charge is 0.308 e. The molecule has 0 bridgehead atoms. The second-order valence-electron chi connectivity index (χ2n) is 7.71. The van der Waals surface area contributed by atoms with Gasteiger partial charge in [0.15, 0.2) is 0 Å². The highest BCUT2D eigenvalue weighted by atomic mass is 32.2. The first-order valence-corrected chi connectivity index (χ1v) is 11.5. The first-order chi connectivity index (χ1) is 14.8. The van der Waals surface area contributed by atoms with Crippen LogP contribution in [-0.2, 0) is 16.4 Å². The maximum atomic E-state index is 13.2. The van der Waals surface area contributed by atoms with E-state index in [0.717, 1.165) is 16.7 Å². The Balaban J connectivity index is 1.64. The van der Waals surface area contributed by atoms with Crippen LogP contribution in [0.4, 0.5) is 15.8 Å². The van der Waals surface area contributed by atoms with Crippen LogP contribution in [-0.4, -0.2) is 20.9 Å². The number of halogens is 1. The Morgan fingerprint density at radius 1 is 1.03 bits per heavy atom. The Morgan fingerprint density at radius 2 is 1.77 bits per heavy atom. The molecule has 0 radical (unpaired) electrons. The summed E-state index contributed by atoms with van der Waals surface area (Å²) in [5.41, 5.74) is 4.30. The first-order valence-electron chi connectivity index (χ1n) is 10.1. The lowest BCUT2D eigenvalue weighted by Crippen LogP contribution is -2.35. The van der Waals surface area contributed by atoms with E-state index in [9.17, 15) is 17.6 Å². The van der Waals surface area contributed by atoms with Gasteiger partial charge in [0.2, 0.25) is 0 Å². The molecule has 1 aliphatic heterocycles. The number of rotatable bonds is 4. The van der Waals surface area contributed by atoms with Crippen molar-refractivity contribution in [1.29, 1.82) is 0 Å². The average Bonchev–Trinajstić information content (AvgIpc) is 2.76. The summed E-state index contributed by atoms with van der Waals surface area (Å²) in [6.45, 7) is 4.33. The van der Waals surface area contributed by atoms with Crippen LogP contribution in [0.2, 0.25) is 0 Å². The Morgan fingerprint density at radius 3 is 2.52 bits per heavy atom. The molecule has 5 nitrogen and oxygen atoms in total. The lowest BCUT2D eigenvalue weighted by molar-refractivity contribution is 0.0985. The maximum Gasteiger partial charge on any atom is 0.261 e. The van der Waals surface area contributed by atoms with Gasteiger partial charge in [0.25, 0.3) is 15.9 Å². The summed E-state index contributed by atoms with van der Waals surface area (Å²) in [6.07, 6.45) is 1.39. The molecule has 1 amide bonds. The molecule has 0 aromatic heterocycles. The zero-order chi connectivity index (χ0) is 22.2. The number of fused-ring (bicyclic) bond motifs is 1. The van der Waals surface area contributed by atoms with Crippen molar-refractivity contribution in [3.8, 4) is 0 Å². The molecule has 31 heavy (non-hydrogen) atoms. The van der Waals surface area contributed by atoms with Crippen molar-refractivity contribution < 1.29 is 17.6 Å². The minimum absolute atomic E-state index is 0.156. The van der Waals surface area contributed by atoms with Crippen molar-refractivity contribution in [3.05, 3.63) is 88.7 Å². The van der Waals surface area contributed by atoms with Gasteiger partial charge in [-0.05, 0) is 91.9 Å². The monoisotopic (exact) mass is 438 g/mol. The third kappa shape index (κ3) is 4.18. The van der Waals surface area contributed by atoms with Crippen LogP contribution in [0.15, 0.2) is 65.6 Å². The molecule has 4 rings (SSSR count). The van der Waals surface area contributed by atoms with E-state index in [2.05, 4.69) is 4.72 Å². The van der Waals surface area contributed by atoms with Gasteiger partial charge >= 0.3 is 0 Å². The fourth-order valence-corrected chi connectivity index (χ4v) is 4.94. The van der Waals surface area contributed by atoms with E-state index in [4.69, 9.17) is 0 Å². The molecule has 0 saturated heterocycles. The van der Waals surface area contributed by atoms with E-state index in [0.29, 0.717) is 36.3 Å². The van der Waals surface area contributed by atoms with Gasteiger partial charge in [0.1, 0.15) is 5.82 Å². The molecule has 0 fully saturated rings. The van der Waals surface area contributed by atoms with Gasteiger partial charge in [-0.25, -0.2) is 12.8 Å². The SMILES string of the molecule is Cc1cccc(NS(=O)(=O)c2ccc3c(c2)CCCN3C(=O)c2ccc(F)cc2)c1C. The molecule has 1 N–H and O–H groups in total. The number of amides is 1. The van der Waals surface area contributed by atoms with Gasteiger partial charge in [-0.2, -0.15) is 0 Å². The summed E-state index contributed by atoms with van der Waals surface area (Å²) >= 11 is 0. The fourth-order valence-electron chi connectivity index (χ4n) is 3.77. The number of nitrogens with zero attached hydrogens (tertiary/aromatic N) is 1. The zero-order valence-corrected chi connectivity index (χ0v) is 18.2. The van der Waals surface area contributed by atoms with E-state index in [1.54, 1.807) is 23.1 Å². The number of sulfonamides is 1. The van der Waals surface area contributed by atoms with E-state index in [-0.39, 0.29) is 10.8 Å². The number of benzene rings is 3. The molecule has 3 aromatic carbocycles. The third-order valence-electron chi connectivity index (χ3n) is 5.67. The minimum Gasteiger partial charge on any atom is -0.308 e. The van der Waals surface area contributed by atoms with Gasteiger partial charge in [-0.3, -0.25) is 9.52 Å². The van der Waals surface area contributed by atoms with Gasteiger partial charge in [0, 0.05) is 17.8 Å². The molecule has 160 valence electrons.